The van der Waals surface area contributed by atoms with Crippen molar-refractivity contribution in [2.24, 2.45) is 0 Å². The normalized spacial score (nSPS) is 26.4. The van der Waals surface area contributed by atoms with Crippen LogP contribution in [0.15, 0.2) is 72.9 Å². The standard InChI is InChI=1S/C53H88O15/c1-3-5-7-9-11-13-15-17-19-20-22-24-26-28-30-32-34-36-45(56)66-41(38-63-44(55)35-33-31-29-27-25-23-21-18-16-14-12-10-8-6-4-2)39-64-52-51(62)49(60)47(58)43(68-52)40-65-53-50(61)48(59)46(57)42(37-54)67-53/h7,9,13-16,18-21,24,26,41-43,46-54,57-62H,3-6,8,10-12,17,22-23,25,27-40H2,1-2H3/b9-7+,15-13+,16-14+,20-19+,21-18+,26-24+/t41-,42+,43+,46-,47-,48?,49?,50?,51?,52+,53+/m1/s1. The van der Waals surface area contributed by atoms with E-state index >= 15 is 0 Å². The van der Waals surface area contributed by atoms with Crippen molar-refractivity contribution in [3.63, 3.8) is 0 Å². The zero-order valence-corrected chi connectivity index (χ0v) is 41.1. The third kappa shape index (κ3) is 27.4. The highest BCUT2D eigenvalue weighted by Gasteiger charge is 2.47. The molecular weight excluding hydrogens is 877 g/mol. The van der Waals surface area contributed by atoms with Crippen molar-refractivity contribution in [1.29, 1.82) is 0 Å². The van der Waals surface area contributed by atoms with Crippen molar-refractivity contribution in [3.8, 4) is 0 Å². The quantitative estimate of drug-likeness (QED) is 0.0142. The monoisotopic (exact) mass is 965 g/mol. The Morgan fingerprint density at radius 3 is 1.54 bits per heavy atom. The van der Waals surface area contributed by atoms with E-state index < -0.39 is 99.3 Å². The van der Waals surface area contributed by atoms with Gasteiger partial charge in [0.05, 0.1) is 19.8 Å². The van der Waals surface area contributed by atoms with E-state index in [4.69, 9.17) is 28.4 Å². The first-order valence-corrected chi connectivity index (χ1v) is 25.5. The molecule has 0 aromatic heterocycles. The van der Waals surface area contributed by atoms with Gasteiger partial charge in [0.2, 0.25) is 0 Å². The fourth-order valence-electron chi connectivity index (χ4n) is 7.43. The molecule has 11 atom stereocenters. The van der Waals surface area contributed by atoms with E-state index in [2.05, 4.69) is 86.8 Å². The van der Waals surface area contributed by atoms with Crippen molar-refractivity contribution in [2.75, 3.05) is 26.4 Å². The van der Waals surface area contributed by atoms with Gasteiger partial charge in [-0.2, -0.15) is 0 Å². The van der Waals surface area contributed by atoms with Gasteiger partial charge >= 0.3 is 11.9 Å². The molecule has 4 unspecified atom stereocenters. The molecule has 0 spiro atoms. The minimum absolute atomic E-state index is 0.120. The van der Waals surface area contributed by atoms with Gasteiger partial charge in [-0.15, -0.1) is 0 Å². The largest absolute Gasteiger partial charge is 0.462 e. The Balaban J connectivity index is 1.84. The number of rotatable bonds is 38. The number of esters is 2. The summed E-state index contributed by atoms with van der Waals surface area (Å²) >= 11 is 0. The summed E-state index contributed by atoms with van der Waals surface area (Å²) in [5.41, 5.74) is 0. The third-order valence-corrected chi connectivity index (χ3v) is 11.7. The number of allylic oxidation sites excluding steroid dienone is 12. The highest BCUT2D eigenvalue weighted by atomic mass is 16.7. The number of hydrogen-bond donors (Lipinski definition) is 7. The Morgan fingerprint density at radius 1 is 0.485 bits per heavy atom. The molecule has 2 fully saturated rings. The maximum Gasteiger partial charge on any atom is 0.306 e. The topological polar surface area (TPSA) is 231 Å². The molecule has 2 rings (SSSR count). The van der Waals surface area contributed by atoms with Crippen molar-refractivity contribution in [3.05, 3.63) is 72.9 Å². The van der Waals surface area contributed by atoms with Crippen LogP contribution in [-0.4, -0.2) is 142 Å². The van der Waals surface area contributed by atoms with E-state index in [1.807, 2.05) is 0 Å². The molecule has 15 nitrogen and oxygen atoms in total. The smallest absolute Gasteiger partial charge is 0.306 e. The molecule has 0 amide bonds. The molecular formula is C53H88O15. The fourth-order valence-corrected chi connectivity index (χ4v) is 7.43. The lowest BCUT2D eigenvalue weighted by atomic mass is 9.98. The summed E-state index contributed by atoms with van der Waals surface area (Å²) in [6, 6.07) is 0. The summed E-state index contributed by atoms with van der Waals surface area (Å²) in [5.74, 6) is -0.986. The highest BCUT2D eigenvalue weighted by molar-refractivity contribution is 5.70. The number of unbranched alkanes of at least 4 members (excludes halogenated alkanes) is 13. The predicted molar refractivity (Wildman–Crippen MR) is 261 cm³/mol. The first kappa shape index (κ1) is 61.1. The Morgan fingerprint density at radius 2 is 0.956 bits per heavy atom. The molecule has 390 valence electrons. The molecule has 0 aromatic rings. The molecule has 0 aliphatic carbocycles. The van der Waals surface area contributed by atoms with E-state index in [-0.39, 0.29) is 19.4 Å². The molecule has 2 heterocycles. The summed E-state index contributed by atoms with van der Waals surface area (Å²) in [5, 5.41) is 72.1. The molecule has 0 radical (unpaired) electrons. The molecule has 2 saturated heterocycles. The Hall–Kier alpha value is -3.06. The van der Waals surface area contributed by atoms with Crippen LogP contribution in [0, 0.1) is 0 Å². The van der Waals surface area contributed by atoms with E-state index in [1.54, 1.807) is 0 Å². The van der Waals surface area contributed by atoms with E-state index in [9.17, 15) is 45.3 Å². The Kier molecular flexibility index (Phi) is 35.6. The average molecular weight is 965 g/mol. The Bertz CT molecular complexity index is 1460. The van der Waals surface area contributed by atoms with Crippen molar-refractivity contribution < 1.29 is 73.8 Å². The third-order valence-electron chi connectivity index (χ3n) is 11.7. The second-order valence-corrected chi connectivity index (χ2v) is 17.7. The summed E-state index contributed by atoms with van der Waals surface area (Å²) in [7, 11) is 0. The van der Waals surface area contributed by atoms with Crippen molar-refractivity contribution in [2.45, 2.75) is 223 Å². The van der Waals surface area contributed by atoms with Crippen molar-refractivity contribution >= 4 is 11.9 Å². The summed E-state index contributed by atoms with van der Waals surface area (Å²) in [6.07, 6.45) is 29.2. The number of aliphatic hydroxyl groups excluding tert-OH is 7. The lowest BCUT2D eigenvalue weighted by Gasteiger charge is -2.42. The van der Waals surface area contributed by atoms with Crippen LogP contribution in [0.1, 0.15) is 155 Å². The van der Waals surface area contributed by atoms with Crippen LogP contribution in [0.25, 0.3) is 0 Å². The van der Waals surface area contributed by atoms with E-state index in [1.165, 1.54) is 32.1 Å². The molecule has 0 saturated carbocycles. The molecule has 15 heteroatoms. The summed E-state index contributed by atoms with van der Waals surface area (Å²) < 4.78 is 33.5. The number of carbonyl (C=O) groups is 2. The fraction of sp³-hybridized carbons (Fsp3) is 0.736. The van der Waals surface area contributed by atoms with Crippen LogP contribution in [0.5, 0.6) is 0 Å². The SMILES string of the molecule is CCC/C=C/C/C=C/C/C=C/C/C=C/CCCCCC(=O)O[C@H](COC(=O)CCCCCCC/C=C/C=C/CCCCCC)CO[C@H]1O[C@@H](CO[C@H]2O[C@@H](CO)[C@@H](O)C(O)C2O)[C@@H](O)C(O)C1O. The number of aliphatic hydroxyl groups is 7. The van der Waals surface area contributed by atoms with Crippen LogP contribution < -0.4 is 0 Å². The first-order chi connectivity index (χ1) is 33.0. The lowest BCUT2D eigenvalue weighted by Crippen LogP contribution is -2.61. The summed E-state index contributed by atoms with van der Waals surface area (Å²) in [4.78, 5) is 25.7. The maximum atomic E-state index is 13.0. The number of ether oxygens (including phenoxy) is 6. The molecule has 0 aromatic carbocycles. The molecule has 0 bridgehead atoms. The lowest BCUT2D eigenvalue weighted by molar-refractivity contribution is -0.332. The van der Waals surface area contributed by atoms with Gasteiger partial charge < -0.3 is 64.2 Å². The zero-order chi connectivity index (χ0) is 49.6. The van der Waals surface area contributed by atoms with E-state index in [0.717, 1.165) is 83.5 Å². The molecule has 68 heavy (non-hydrogen) atoms. The number of carbonyl (C=O) groups excluding carboxylic acids is 2. The van der Waals surface area contributed by atoms with Gasteiger partial charge in [0.15, 0.2) is 18.7 Å². The van der Waals surface area contributed by atoms with Crippen LogP contribution in [-0.2, 0) is 38.0 Å². The van der Waals surface area contributed by atoms with Gasteiger partial charge in [0, 0.05) is 12.8 Å². The minimum Gasteiger partial charge on any atom is -0.462 e. The van der Waals surface area contributed by atoms with Gasteiger partial charge in [0.25, 0.3) is 0 Å². The number of hydrogen-bond acceptors (Lipinski definition) is 15. The van der Waals surface area contributed by atoms with Crippen LogP contribution in [0.3, 0.4) is 0 Å². The van der Waals surface area contributed by atoms with Crippen LogP contribution >= 0.6 is 0 Å². The van der Waals surface area contributed by atoms with Gasteiger partial charge in [-0.1, -0.05) is 138 Å². The molecule has 2 aliphatic rings. The predicted octanol–water partition coefficient (Wildman–Crippen LogP) is 7.04. The van der Waals surface area contributed by atoms with Gasteiger partial charge in [-0.25, -0.2) is 0 Å². The zero-order valence-electron chi connectivity index (χ0n) is 41.1. The molecule has 2 aliphatic heterocycles. The van der Waals surface area contributed by atoms with Gasteiger partial charge in [-0.3, -0.25) is 9.59 Å². The highest BCUT2D eigenvalue weighted by Crippen LogP contribution is 2.26. The van der Waals surface area contributed by atoms with Crippen LogP contribution in [0.2, 0.25) is 0 Å². The van der Waals surface area contributed by atoms with E-state index in [0.29, 0.717) is 12.8 Å². The maximum absolute atomic E-state index is 13.0. The molecule has 7 N–H and O–H groups in total. The van der Waals surface area contributed by atoms with Gasteiger partial charge in [-0.05, 0) is 77.0 Å². The van der Waals surface area contributed by atoms with Gasteiger partial charge in [0.1, 0.15) is 55.4 Å². The second kappa shape index (κ2) is 39.6. The van der Waals surface area contributed by atoms with Crippen molar-refractivity contribution in [1.82, 2.24) is 0 Å². The minimum atomic E-state index is -1.78. The second-order valence-electron chi connectivity index (χ2n) is 17.7. The summed E-state index contributed by atoms with van der Waals surface area (Å²) in [6.45, 7) is 2.43. The first-order valence-electron chi connectivity index (χ1n) is 25.5. The van der Waals surface area contributed by atoms with Crippen LogP contribution in [0.4, 0.5) is 0 Å². The average Bonchev–Trinajstić information content (AvgIpc) is 3.33. The Labute approximate surface area is 406 Å².